The largest absolute Gasteiger partial charge is 0.444 e. The predicted molar refractivity (Wildman–Crippen MR) is 116 cm³/mol. The van der Waals surface area contributed by atoms with Gasteiger partial charge in [-0.05, 0) is 53.6 Å². The Kier molecular flexibility index (Phi) is 11.9. The smallest absolute Gasteiger partial charge is 0.407 e. The summed E-state index contributed by atoms with van der Waals surface area (Å²) in [6.45, 7) is 19.6. The van der Waals surface area contributed by atoms with Gasteiger partial charge in [0.2, 0.25) is 0 Å². The van der Waals surface area contributed by atoms with E-state index in [0.717, 1.165) is 38.6 Å². The first-order chi connectivity index (χ1) is 13.3. The van der Waals surface area contributed by atoms with Crippen LogP contribution in [-0.4, -0.2) is 92.9 Å². The van der Waals surface area contributed by atoms with Crippen molar-refractivity contribution in [3.63, 3.8) is 0 Å². The fourth-order valence-corrected chi connectivity index (χ4v) is 2.97. The first-order valence-corrected chi connectivity index (χ1v) is 10.8. The van der Waals surface area contributed by atoms with Crippen LogP contribution in [0.5, 0.6) is 0 Å². The quantitative estimate of drug-likeness (QED) is 0.294. The predicted octanol–water partition coefficient (Wildman–Crippen LogP) is 1.48. The van der Waals surface area contributed by atoms with Crippen molar-refractivity contribution in [3.05, 3.63) is 0 Å². The molecule has 8 heteroatoms. The number of nitrogens with zero attached hydrogens (tertiary/aromatic N) is 3. The normalized spacial score (nSPS) is 16.7. The molecule has 0 aromatic carbocycles. The molecule has 1 aliphatic rings. The minimum atomic E-state index is -0.475. The number of unbranched alkanes of at least 4 members (excludes halogenated alkanes) is 1. The molecule has 0 aromatic rings. The van der Waals surface area contributed by atoms with E-state index < -0.39 is 11.7 Å². The van der Waals surface area contributed by atoms with Gasteiger partial charge >= 0.3 is 6.09 Å². The van der Waals surface area contributed by atoms with Crippen molar-refractivity contribution >= 4 is 12.1 Å². The Bertz CT molecular complexity index is 456. The standard InChI is InChI=1S/C20H42N6O2/c1-6-21-18(23-11-12-24-19(27)28-20(3,4)5)22-10-8-9-13-26-16-14-25(7-2)15-17-26/h6-17H2,1-5H3,(H,24,27)(H2,21,22,23). The lowest BCUT2D eigenvalue weighted by atomic mass is 10.2. The lowest BCUT2D eigenvalue weighted by molar-refractivity contribution is 0.0529. The number of aliphatic imine (C=N–C) groups is 1. The summed E-state index contributed by atoms with van der Waals surface area (Å²) in [6.07, 6.45) is 1.87. The molecule has 3 N–H and O–H groups in total. The van der Waals surface area contributed by atoms with Gasteiger partial charge in [-0.2, -0.15) is 0 Å². The molecule has 1 heterocycles. The average Bonchev–Trinajstić information content (AvgIpc) is 2.64. The summed E-state index contributed by atoms with van der Waals surface area (Å²) in [5.41, 5.74) is -0.475. The Balaban J connectivity index is 2.15. The third-order valence-electron chi connectivity index (χ3n) is 4.49. The molecule has 0 saturated carbocycles. The van der Waals surface area contributed by atoms with Crippen LogP contribution in [0.25, 0.3) is 0 Å². The molecular formula is C20H42N6O2. The van der Waals surface area contributed by atoms with Crippen molar-refractivity contribution in [2.75, 3.05) is 65.4 Å². The van der Waals surface area contributed by atoms with Gasteiger partial charge in [0.25, 0.3) is 0 Å². The molecule has 8 nitrogen and oxygen atoms in total. The van der Waals surface area contributed by atoms with E-state index in [9.17, 15) is 4.79 Å². The number of amides is 1. The van der Waals surface area contributed by atoms with Gasteiger partial charge in [-0.1, -0.05) is 6.92 Å². The molecule has 0 aromatic heterocycles. The van der Waals surface area contributed by atoms with E-state index in [1.54, 1.807) is 0 Å². The Hall–Kier alpha value is -1.54. The molecule has 1 saturated heterocycles. The van der Waals surface area contributed by atoms with Crippen LogP contribution in [-0.2, 0) is 4.74 Å². The highest BCUT2D eigenvalue weighted by atomic mass is 16.6. The minimum absolute atomic E-state index is 0.393. The molecule has 164 valence electrons. The summed E-state index contributed by atoms with van der Waals surface area (Å²) in [7, 11) is 0. The summed E-state index contributed by atoms with van der Waals surface area (Å²) in [4.78, 5) is 21.3. The number of hydrogen-bond donors (Lipinski definition) is 3. The van der Waals surface area contributed by atoms with Crippen LogP contribution < -0.4 is 16.0 Å². The lowest BCUT2D eigenvalue weighted by Gasteiger charge is -2.33. The summed E-state index contributed by atoms with van der Waals surface area (Å²) in [5, 5.41) is 9.22. The SMILES string of the molecule is CCNC(=NCCCCN1CCN(CC)CC1)NCCNC(=O)OC(C)(C)C. The van der Waals surface area contributed by atoms with E-state index >= 15 is 0 Å². The van der Waals surface area contributed by atoms with Gasteiger partial charge in [0, 0.05) is 52.4 Å². The second kappa shape index (κ2) is 13.6. The Morgan fingerprint density at radius 1 is 0.964 bits per heavy atom. The first-order valence-electron chi connectivity index (χ1n) is 10.8. The molecule has 0 atom stereocenters. The lowest BCUT2D eigenvalue weighted by Crippen LogP contribution is -2.46. The number of nitrogens with one attached hydrogen (secondary N) is 3. The second-order valence-corrected chi connectivity index (χ2v) is 8.10. The number of carbonyl (C=O) groups excluding carboxylic acids is 1. The zero-order valence-corrected chi connectivity index (χ0v) is 18.6. The summed E-state index contributed by atoms with van der Waals surface area (Å²) >= 11 is 0. The number of hydrogen-bond acceptors (Lipinski definition) is 5. The third-order valence-corrected chi connectivity index (χ3v) is 4.49. The fourth-order valence-electron chi connectivity index (χ4n) is 2.97. The van der Waals surface area contributed by atoms with E-state index in [1.807, 2.05) is 27.7 Å². The molecule has 28 heavy (non-hydrogen) atoms. The number of ether oxygens (including phenoxy) is 1. The highest BCUT2D eigenvalue weighted by Gasteiger charge is 2.15. The molecule has 1 aliphatic heterocycles. The van der Waals surface area contributed by atoms with E-state index in [-0.39, 0.29) is 0 Å². The maximum atomic E-state index is 11.6. The maximum Gasteiger partial charge on any atom is 0.407 e. The Labute approximate surface area is 171 Å². The number of piperazine rings is 1. The van der Waals surface area contributed by atoms with Gasteiger partial charge in [-0.15, -0.1) is 0 Å². The zero-order valence-electron chi connectivity index (χ0n) is 18.6. The van der Waals surface area contributed by atoms with Crippen molar-refractivity contribution in [3.8, 4) is 0 Å². The van der Waals surface area contributed by atoms with Gasteiger partial charge < -0.3 is 30.5 Å². The van der Waals surface area contributed by atoms with Crippen LogP contribution in [0, 0.1) is 0 Å². The number of rotatable bonds is 10. The average molecular weight is 399 g/mol. The third kappa shape index (κ3) is 12.0. The van der Waals surface area contributed by atoms with Gasteiger partial charge in [-0.25, -0.2) is 4.79 Å². The van der Waals surface area contributed by atoms with Crippen LogP contribution in [0.1, 0.15) is 47.5 Å². The number of carbonyl (C=O) groups is 1. The number of likely N-dealkylation sites (N-methyl/N-ethyl adjacent to an activating group) is 1. The fraction of sp³-hybridized carbons (Fsp3) is 0.900. The summed E-state index contributed by atoms with van der Waals surface area (Å²) in [5.74, 6) is 0.796. The van der Waals surface area contributed by atoms with Gasteiger partial charge in [0.1, 0.15) is 5.60 Å². The Morgan fingerprint density at radius 3 is 2.21 bits per heavy atom. The van der Waals surface area contributed by atoms with Crippen molar-refractivity contribution in [1.29, 1.82) is 0 Å². The van der Waals surface area contributed by atoms with Crippen LogP contribution >= 0.6 is 0 Å². The van der Waals surface area contributed by atoms with Gasteiger partial charge in [-0.3, -0.25) is 4.99 Å². The molecule has 1 amide bonds. The highest BCUT2D eigenvalue weighted by molar-refractivity contribution is 5.79. The molecule has 0 aliphatic carbocycles. The van der Waals surface area contributed by atoms with E-state index in [0.29, 0.717) is 13.1 Å². The molecule has 0 unspecified atom stereocenters. The summed E-state index contributed by atoms with van der Waals surface area (Å²) < 4.78 is 5.22. The van der Waals surface area contributed by atoms with Crippen LogP contribution in [0.15, 0.2) is 4.99 Å². The van der Waals surface area contributed by atoms with E-state index in [2.05, 4.69) is 37.7 Å². The zero-order chi connectivity index (χ0) is 20.8. The van der Waals surface area contributed by atoms with Crippen molar-refractivity contribution in [1.82, 2.24) is 25.8 Å². The molecule has 1 rings (SSSR count). The monoisotopic (exact) mass is 398 g/mol. The van der Waals surface area contributed by atoms with Crippen LogP contribution in [0.2, 0.25) is 0 Å². The molecule has 1 fully saturated rings. The minimum Gasteiger partial charge on any atom is -0.444 e. The van der Waals surface area contributed by atoms with Crippen LogP contribution in [0.3, 0.4) is 0 Å². The Morgan fingerprint density at radius 2 is 1.61 bits per heavy atom. The summed E-state index contributed by atoms with van der Waals surface area (Å²) in [6, 6.07) is 0. The van der Waals surface area contributed by atoms with Crippen molar-refractivity contribution < 1.29 is 9.53 Å². The molecule has 0 bridgehead atoms. The second-order valence-electron chi connectivity index (χ2n) is 8.10. The molecular weight excluding hydrogens is 356 g/mol. The van der Waals surface area contributed by atoms with Crippen LogP contribution in [0.4, 0.5) is 4.79 Å². The first kappa shape index (κ1) is 24.5. The molecule has 0 spiro atoms. The molecule has 0 radical (unpaired) electrons. The van der Waals surface area contributed by atoms with Crippen molar-refractivity contribution in [2.45, 2.75) is 53.1 Å². The van der Waals surface area contributed by atoms with E-state index in [1.165, 1.54) is 32.6 Å². The van der Waals surface area contributed by atoms with Gasteiger partial charge in [0.05, 0.1) is 0 Å². The highest BCUT2D eigenvalue weighted by Crippen LogP contribution is 2.06. The van der Waals surface area contributed by atoms with Gasteiger partial charge in [0.15, 0.2) is 5.96 Å². The topological polar surface area (TPSA) is 81.2 Å². The maximum absolute atomic E-state index is 11.6. The van der Waals surface area contributed by atoms with E-state index in [4.69, 9.17) is 4.74 Å². The number of guanidine groups is 1. The van der Waals surface area contributed by atoms with Crippen molar-refractivity contribution in [2.24, 2.45) is 4.99 Å². The number of alkyl carbamates (subject to hydrolysis) is 1.